The number of carbonyl (C=O) groups is 1. The van der Waals surface area contributed by atoms with E-state index in [1.807, 2.05) is 30.3 Å². The average molecular weight is 324 g/mol. The maximum Gasteiger partial charge on any atom is 0.252 e. The number of aliphatic hydroxyl groups is 1. The number of halogens is 2. The lowest BCUT2D eigenvalue weighted by Gasteiger charge is -2.12. The Balaban J connectivity index is 1.90. The first-order valence-electron chi connectivity index (χ1n) is 6.51. The van der Waals surface area contributed by atoms with Gasteiger partial charge in [-0.15, -0.1) is 0 Å². The summed E-state index contributed by atoms with van der Waals surface area (Å²) in [7, 11) is 0. The fraction of sp³-hybridized carbons (Fsp3) is 0.188. The van der Waals surface area contributed by atoms with E-state index in [0.717, 1.165) is 5.56 Å². The quantitative estimate of drug-likeness (QED) is 0.886. The van der Waals surface area contributed by atoms with E-state index in [4.69, 9.17) is 23.2 Å². The van der Waals surface area contributed by atoms with Crippen LogP contribution >= 0.6 is 23.2 Å². The van der Waals surface area contributed by atoms with E-state index in [0.29, 0.717) is 22.0 Å². The van der Waals surface area contributed by atoms with Crippen molar-refractivity contribution >= 4 is 29.1 Å². The zero-order valence-electron chi connectivity index (χ0n) is 11.2. The molecule has 0 fully saturated rings. The van der Waals surface area contributed by atoms with Crippen LogP contribution < -0.4 is 5.32 Å². The summed E-state index contributed by atoms with van der Waals surface area (Å²) >= 11 is 11.8. The second-order valence-electron chi connectivity index (χ2n) is 4.68. The lowest BCUT2D eigenvalue weighted by Crippen LogP contribution is -2.33. The number of hydrogen-bond acceptors (Lipinski definition) is 2. The van der Waals surface area contributed by atoms with Crippen molar-refractivity contribution in [2.24, 2.45) is 0 Å². The molecule has 110 valence electrons. The Bertz CT molecular complexity index is 617. The van der Waals surface area contributed by atoms with Crippen LogP contribution in [0.4, 0.5) is 0 Å². The third kappa shape index (κ3) is 4.74. The first kappa shape index (κ1) is 15.8. The molecule has 0 saturated heterocycles. The normalized spacial score (nSPS) is 12.0. The van der Waals surface area contributed by atoms with E-state index in [-0.39, 0.29) is 12.5 Å². The summed E-state index contributed by atoms with van der Waals surface area (Å²) in [4.78, 5) is 12.0. The van der Waals surface area contributed by atoms with Crippen LogP contribution in [0.2, 0.25) is 10.0 Å². The van der Waals surface area contributed by atoms with E-state index in [1.54, 1.807) is 12.1 Å². The van der Waals surface area contributed by atoms with Gasteiger partial charge in [0.05, 0.1) is 16.7 Å². The number of rotatable bonds is 5. The van der Waals surface area contributed by atoms with Crippen LogP contribution in [0.5, 0.6) is 0 Å². The zero-order chi connectivity index (χ0) is 15.2. The molecule has 2 aromatic carbocycles. The van der Waals surface area contributed by atoms with Crippen molar-refractivity contribution in [3.8, 4) is 0 Å². The molecule has 0 heterocycles. The molecule has 1 unspecified atom stereocenters. The van der Waals surface area contributed by atoms with Gasteiger partial charge in [-0.3, -0.25) is 4.79 Å². The van der Waals surface area contributed by atoms with Crippen LogP contribution in [0.25, 0.3) is 0 Å². The van der Waals surface area contributed by atoms with Gasteiger partial charge in [0.15, 0.2) is 0 Å². The predicted octanol–water partition coefficient (Wildman–Crippen LogP) is 3.33. The van der Waals surface area contributed by atoms with Gasteiger partial charge in [0.25, 0.3) is 5.91 Å². The summed E-state index contributed by atoms with van der Waals surface area (Å²) in [5.41, 5.74) is 1.32. The van der Waals surface area contributed by atoms with Crippen molar-refractivity contribution < 1.29 is 9.90 Å². The lowest BCUT2D eigenvalue weighted by molar-refractivity contribution is 0.0916. The minimum absolute atomic E-state index is 0.149. The Morgan fingerprint density at radius 1 is 1.14 bits per heavy atom. The minimum Gasteiger partial charge on any atom is -0.391 e. The SMILES string of the molecule is O=C(NCC(O)Cc1ccccc1)c1cc(Cl)ccc1Cl. The molecule has 2 rings (SSSR count). The van der Waals surface area contributed by atoms with E-state index in [9.17, 15) is 9.90 Å². The molecule has 0 aromatic heterocycles. The van der Waals surface area contributed by atoms with E-state index >= 15 is 0 Å². The van der Waals surface area contributed by atoms with Crippen molar-refractivity contribution in [1.29, 1.82) is 0 Å². The van der Waals surface area contributed by atoms with Gasteiger partial charge in [0.1, 0.15) is 0 Å². The molecule has 0 radical (unpaired) electrons. The Morgan fingerprint density at radius 3 is 2.57 bits per heavy atom. The lowest BCUT2D eigenvalue weighted by atomic mass is 10.1. The molecule has 2 N–H and O–H groups in total. The molecule has 0 saturated carbocycles. The van der Waals surface area contributed by atoms with Crippen LogP contribution in [-0.4, -0.2) is 23.7 Å². The molecule has 0 bridgehead atoms. The largest absolute Gasteiger partial charge is 0.391 e. The third-order valence-corrected chi connectivity index (χ3v) is 3.55. The van der Waals surface area contributed by atoms with Gasteiger partial charge in [-0.2, -0.15) is 0 Å². The smallest absolute Gasteiger partial charge is 0.252 e. The molecule has 1 amide bonds. The molecule has 0 spiro atoms. The molecule has 21 heavy (non-hydrogen) atoms. The highest BCUT2D eigenvalue weighted by atomic mass is 35.5. The molecule has 0 aliphatic rings. The Kier molecular flexibility index (Phi) is 5.62. The van der Waals surface area contributed by atoms with Crippen molar-refractivity contribution in [1.82, 2.24) is 5.32 Å². The average Bonchev–Trinajstić information content (AvgIpc) is 2.48. The van der Waals surface area contributed by atoms with E-state index in [1.165, 1.54) is 6.07 Å². The van der Waals surface area contributed by atoms with Crippen LogP contribution in [0.3, 0.4) is 0 Å². The fourth-order valence-electron chi connectivity index (χ4n) is 1.94. The van der Waals surface area contributed by atoms with Gasteiger partial charge in [-0.25, -0.2) is 0 Å². The van der Waals surface area contributed by atoms with Gasteiger partial charge in [0.2, 0.25) is 0 Å². The summed E-state index contributed by atoms with van der Waals surface area (Å²) in [5.74, 6) is -0.352. The summed E-state index contributed by atoms with van der Waals surface area (Å²) in [6.45, 7) is 0.149. The Hall–Kier alpha value is -1.55. The molecule has 0 aliphatic carbocycles. The van der Waals surface area contributed by atoms with Crippen molar-refractivity contribution in [3.63, 3.8) is 0 Å². The van der Waals surface area contributed by atoms with Crippen LogP contribution in [0.1, 0.15) is 15.9 Å². The summed E-state index contributed by atoms with van der Waals surface area (Å²) in [5, 5.41) is 13.4. The first-order chi connectivity index (χ1) is 10.1. The maximum atomic E-state index is 12.0. The monoisotopic (exact) mass is 323 g/mol. The van der Waals surface area contributed by atoms with Gasteiger partial charge >= 0.3 is 0 Å². The highest BCUT2D eigenvalue weighted by molar-refractivity contribution is 6.35. The number of carbonyl (C=O) groups excluding carboxylic acids is 1. The number of nitrogens with one attached hydrogen (secondary N) is 1. The van der Waals surface area contributed by atoms with Crippen LogP contribution in [0.15, 0.2) is 48.5 Å². The summed E-state index contributed by atoms with van der Waals surface area (Å²) in [6, 6.07) is 14.3. The molecule has 0 aliphatic heterocycles. The van der Waals surface area contributed by atoms with Crippen molar-refractivity contribution in [2.75, 3.05) is 6.54 Å². The van der Waals surface area contributed by atoms with Crippen molar-refractivity contribution in [3.05, 3.63) is 69.7 Å². The molecular formula is C16H15Cl2NO2. The molecule has 2 aromatic rings. The van der Waals surface area contributed by atoms with E-state index < -0.39 is 6.10 Å². The van der Waals surface area contributed by atoms with Crippen molar-refractivity contribution in [2.45, 2.75) is 12.5 Å². The summed E-state index contributed by atoms with van der Waals surface area (Å²) in [6.07, 6.45) is -0.181. The highest BCUT2D eigenvalue weighted by Gasteiger charge is 2.13. The number of benzene rings is 2. The van der Waals surface area contributed by atoms with Gasteiger partial charge in [-0.1, -0.05) is 53.5 Å². The molecule has 5 heteroatoms. The topological polar surface area (TPSA) is 49.3 Å². The van der Waals surface area contributed by atoms with Gasteiger partial charge in [0, 0.05) is 18.0 Å². The second-order valence-corrected chi connectivity index (χ2v) is 5.52. The number of aliphatic hydroxyl groups excluding tert-OH is 1. The minimum atomic E-state index is -0.658. The third-order valence-electron chi connectivity index (χ3n) is 2.99. The van der Waals surface area contributed by atoms with Crippen LogP contribution in [0, 0.1) is 0 Å². The predicted molar refractivity (Wildman–Crippen MR) is 84.9 cm³/mol. The molecular weight excluding hydrogens is 309 g/mol. The summed E-state index contributed by atoms with van der Waals surface area (Å²) < 4.78 is 0. The molecule has 3 nitrogen and oxygen atoms in total. The fourth-order valence-corrected chi connectivity index (χ4v) is 2.31. The zero-order valence-corrected chi connectivity index (χ0v) is 12.7. The molecule has 1 atom stereocenters. The van der Waals surface area contributed by atoms with Gasteiger partial charge < -0.3 is 10.4 Å². The number of hydrogen-bond donors (Lipinski definition) is 2. The Labute approximate surface area is 133 Å². The maximum absolute atomic E-state index is 12.0. The second kappa shape index (κ2) is 7.46. The first-order valence-corrected chi connectivity index (χ1v) is 7.27. The number of amides is 1. The highest BCUT2D eigenvalue weighted by Crippen LogP contribution is 2.20. The van der Waals surface area contributed by atoms with Crippen LogP contribution in [-0.2, 0) is 6.42 Å². The van der Waals surface area contributed by atoms with Gasteiger partial charge in [-0.05, 0) is 23.8 Å². The van der Waals surface area contributed by atoms with E-state index in [2.05, 4.69) is 5.32 Å². The standard InChI is InChI=1S/C16H15Cl2NO2/c17-12-6-7-15(18)14(9-12)16(21)19-10-13(20)8-11-4-2-1-3-5-11/h1-7,9,13,20H,8,10H2,(H,19,21). The Morgan fingerprint density at radius 2 is 1.86 bits per heavy atom.